The van der Waals surface area contributed by atoms with Gasteiger partial charge in [0.15, 0.2) is 0 Å². The smallest absolute Gasteiger partial charge is 0.330 e. The third-order valence-electron chi connectivity index (χ3n) is 3.19. The second kappa shape index (κ2) is 3.76. The van der Waals surface area contributed by atoms with E-state index in [2.05, 4.69) is 27.4 Å². The van der Waals surface area contributed by atoms with Crippen molar-refractivity contribution in [3.05, 3.63) is 12.7 Å². The fraction of sp³-hybridized carbons (Fsp3) is 0.750. The van der Waals surface area contributed by atoms with E-state index in [0.717, 1.165) is 25.7 Å². The average molecular weight is 196 g/mol. The third-order valence-corrected chi connectivity index (χ3v) is 3.19. The van der Waals surface area contributed by atoms with Crippen LogP contribution in [-0.2, 0) is 9.53 Å². The molecule has 0 aromatic carbocycles. The van der Waals surface area contributed by atoms with Gasteiger partial charge in [-0.3, -0.25) is 0 Å². The van der Waals surface area contributed by atoms with Gasteiger partial charge in [-0.15, -0.1) is 0 Å². The van der Waals surface area contributed by atoms with E-state index in [1.54, 1.807) is 0 Å². The van der Waals surface area contributed by atoms with E-state index < -0.39 is 0 Å². The van der Waals surface area contributed by atoms with E-state index in [9.17, 15) is 4.79 Å². The number of ether oxygens (including phenoxy) is 1. The van der Waals surface area contributed by atoms with Crippen molar-refractivity contribution in [3.63, 3.8) is 0 Å². The van der Waals surface area contributed by atoms with Crippen LogP contribution < -0.4 is 0 Å². The van der Waals surface area contributed by atoms with Gasteiger partial charge in [0.2, 0.25) is 0 Å². The van der Waals surface area contributed by atoms with E-state index in [4.69, 9.17) is 4.74 Å². The van der Waals surface area contributed by atoms with Gasteiger partial charge < -0.3 is 4.74 Å². The van der Waals surface area contributed by atoms with Crippen LogP contribution in [0.3, 0.4) is 0 Å². The highest BCUT2D eigenvalue weighted by Crippen LogP contribution is 2.47. The van der Waals surface area contributed by atoms with Crippen LogP contribution in [0.1, 0.15) is 46.5 Å². The van der Waals surface area contributed by atoms with E-state index in [1.165, 1.54) is 6.08 Å². The van der Waals surface area contributed by atoms with E-state index in [1.807, 2.05) is 0 Å². The Labute approximate surface area is 86.3 Å². The topological polar surface area (TPSA) is 26.3 Å². The Bertz CT molecular complexity index is 243. The zero-order valence-electron chi connectivity index (χ0n) is 9.43. The fourth-order valence-corrected chi connectivity index (χ4v) is 2.33. The summed E-state index contributed by atoms with van der Waals surface area (Å²) in [5.74, 6) is -0.287. The Morgan fingerprint density at radius 1 is 1.50 bits per heavy atom. The largest absolute Gasteiger partial charge is 0.456 e. The van der Waals surface area contributed by atoms with Crippen LogP contribution in [0.2, 0.25) is 0 Å². The van der Waals surface area contributed by atoms with Crippen LogP contribution >= 0.6 is 0 Å². The molecule has 1 atom stereocenters. The average Bonchev–Trinajstić information content (AvgIpc) is 2.42. The molecule has 1 aliphatic rings. The molecule has 0 bridgehead atoms. The monoisotopic (exact) mass is 196 g/mol. The first-order valence-corrected chi connectivity index (χ1v) is 5.28. The maximum atomic E-state index is 11.2. The molecule has 0 radical (unpaired) electrons. The molecule has 1 aliphatic carbocycles. The minimum absolute atomic E-state index is 0.227. The number of hydrogen-bond donors (Lipinski definition) is 0. The minimum Gasteiger partial charge on any atom is -0.456 e. The van der Waals surface area contributed by atoms with Gasteiger partial charge in [0.05, 0.1) is 0 Å². The molecule has 1 fully saturated rings. The lowest BCUT2D eigenvalue weighted by Crippen LogP contribution is -2.31. The van der Waals surface area contributed by atoms with Crippen LogP contribution in [0, 0.1) is 5.41 Å². The molecule has 0 spiro atoms. The van der Waals surface area contributed by atoms with Crippen LogP contribution in [0.5, 0.6) is 0 Å². The van der Waals surface area contributed by atoms with Gasteiger partial charge >= 0.3 is 5.97 Å². The highest BCUT2D eigenvalue weighted by atomic mass is 16.6. The maximum absolute atomic E-state index is 11.2. The second-order valence-corrected chi connectivity index (χ2v) is 5.00. The Balaban J connectivity index is 2.70. The molecule has 80 valence electrons. The second-order valence-electron chi connectivity index (χ2n) is 5.00. The first kappa shape index (κ1) is 11.3. The molecule has 2 nitrogen and oxygen atoms in total. The van der Waals surface area contributed by atoms with Crippen molar-refractivity contribution in [2.45, 2.75) is 52.1 Å². The van der Waals surface area contributed by atoms with Crippen molar-refractivity contribution in [3.8, 4) is 0 Å². The summed E-state index contributed by atoms with van der Waals surface area (Å²) >= 11 is 0. The third kappa shape index (κ3) is 2.37. The molecule has 0 aromatic heterocycles. The molecule has 0 amide bonds. The number of hydrogen-bond acceptors (Lipinski definition) is 2. The Hall–Kier alpha value is -0.790. The summed E-state index contributed by atoms with van der Waals surface area (Å²) in [6.45, 7) is 9.97. The number of rotatable bonds is 3. The standard InChI is InChI=1S/C12H20O2/c1-5-10(13)14-12(6-2)8-7-11(3,4)9-12/h5H,1,6-9H2,2-4H3. The zero-order chi connectivity index (χ0) is 10.8. The Morgan fingerprint density at radius 3 is 2.50 bits per heavy atom. The minimum atomic E-state index is -0.287. The predicted molar refractivity (Wildman–Crippen MR) is 56.9 cm³/mol. The molecule has 0 heterocycles. The molecule has 0 N–H and O–H groups in total. The lowest BCUT2D eigenvalue weighted by atomic mass is 9.88. The molecule has 1 saturated carbocycles. The Kier molecular flexibility index (Phi) is 3.03. The lowest BCUT2D eigenvalue weighted by molar-refractivity contribution is -0.154. The molecule has 0 aliphatic heterocycles. The first-order chi connectivity index (χ1) is 6.43. The molecular formula is C12H20O2. The van der Waals surface area contributed by atoms with Crippen LogP contribution in [0.4, 0.5) is 0 Å². The summed E-state index contributed by atoms with van der Waals surface area (Å²) in [5.41, 5.74) is 0.0756. The molecule has 0 saturated heterocycles. The number of carbonyl (C=O) groups is 1. The van der Waals surface area contributed by atoms with Crippen molar-refractivity contribution in [1.82, 2.24) is 0 Å². The summed E-state index contributed by atoms with van der Waals surface area (Å²) in [6, 6.07) is 0. The van der Waals surface area contributed by atoms with E-state index in [0.29, 0.717) is 5.41 Å². The highest BCUT2D eigenvalue weighted by molar-refractivity contribution is 5.81. The SMILES string of the molecule is C=CC(=O)OC1(CC)CCC(C)(C)C1. The first-order valence-electron chi connectivity index (χ1n) is 5.28. The van der Waals surface area contributed by atoms with E-state index >= 15 is 0 Å². The van der Waals surface area contributed by atoms with Crippen molar-refractivity contribution < 1.29 is 9.53 Å². The molecule has 1 unspecified atom stereocenters. The van der Waals surface area contributed by atoms with Gasteiger partial charge in [0.1, 0.15) is 5.60 Å². The Morgan fingerprint density at radius 2 is 2.14 bits per heavy atom. The van der Waals surface area contributed by atoms with Crippen LogP contribution in [0.25, 0.3) is 0 Å². The van der Waals surface area contributed by atoms with Gasteiger partial charge in [0.25, 0.3) is 0 Å². The number of esters is 1. The molecule has 2 heteroatoms. The predicted octanol–water partition coefficient (Wildman–Crippen LogP) is 3.07. The summed E-state index contributed by atoms with van der Waals surface area (Å²) < 4.78 is 5.48. The summed E-state index contributed by atoms with van der Waals surface area (Å²) in [7, 11) is 0. The van der Waals surface area contributed by atoms with Crippen molar-refractivity contribution in [2.75, 3.05) is 0 Å². The van der Waals surface area contributed by atoms with Gasteiger partial charge in [-0.2, -0.15) is 0 Å². The number of carbonyl (C=O) groups excluding carboxylic acids is 1. The van der Waals surface area contributed by atoms with Gasteiger partial charge in [-0.1, -0.05) is 27.4 Å². The highest BCUT2D eigenvalue weighted by Gasteiger charge is 2.44. The quantitative estimate of drug-likeness (QED) is 0.512. The van der Waals surface area contributed by atoms with Crippen molar-refractivity contribution >= 4 is 5.97 Å². The molecule has 14 heavy (non-hydrogen) atoms. The van der Waals surface area contributed by atoms with Crippen molar-refractivity contribution in [1.29, 1.82) is 0 Å². The van der Waals surface area contributed by atoms with Gasteiger partial charge in [0, 0.05) is 6.08 Å². The van der Waals surface area contributed by atoms with Gasteiger partial charge in [-0.05, 0) is 31.1 Å². The van der Waals surface area contributed by atoms with Crippen LogP contribution in [-0.4, -0.2) is 11.6 Å². The maximum Gasteiger partial charge on any atom is 0.330 e. The molecular weight excluding hydrogens is 176 g/mol. The summed E-state index contributed by atoms with van der Waals surface area (Å²) in [5, 5.41) is 0. The zero-order valence-corrected chi connectivity index (χ0v) is 9.43. The van der Waals surface area contributed by atoms with E-state index in [-0.39, 0.29) is 11.6 Å². The molecule has 1 rings (SSSR count). The fourth-order valence-electron chi connectivity index (χ4n) is 2.33. The lowest BCUT2D eigenvalue weighted by Gasteiger charge is -2.29. The van der Waals surface area contributed by atoms with Gasteiger partial charge in [-0.25, -0.2) is 4.79 Å². The summed E-state index contributed by atoms with van der Waals surface area (Å²) in [6.07, 6.45) is 5.23. The van der Waals surface area contributed by atoms with Crippen LogP contribution in [0.15, 0.2) is 12.7 Å². The van der Waals surface area contributed by atoms with Crippen molar-refractivity contribution in [2.24, 2.45) is 5.41 Å². The molecule has 0 aromatic rings. The normalized spacial score (nSPS) is 29.9. The summed E-state index contributed by atoms with van der Waals surface area (Å²) in [4.78, 5) is 11.2.